The first-order valence-electron chi connectivity index (χ1n) is 5.34. The van der Waals surface area contributed by atoms with Crippen LogP contribution in [-0.4, -0.2) is 26.4 Å². The smallest absolute Gasteiger partial charge is 0.299 e. The first-order valence-corrected chi connectivity index (χ1v) is 6.74. The van der Waals surface area contributed by atoms with Gasteiger partial charge in [0.15, 0.2) is 6.29 Å². The van der Waals surface area contributed by atoms with Gasteiger partial charge in [0.2, 0.25) is 0 Å². The maximum atomic E-state index is 11.7. The van der Waals surface area contributed by atoms with Gasteiger partial charge in [-0.05, 0) is 32.0 Å². The van der Waals surface area contributed by atoms with Crippen LogP contribution in [0.1, 0.15) is 18.4 Å². The predicted octanol–water partition coefficient (Wildman–Crippen LogP) is 0.758. The van der Waals surface area contributed by atoms with Crippen molar-refractivity contribution in [3.8, 4) is 0 Å². The molecule has 6 heteroatoms. The molecule has 1 aromatic rings. The highest BCUT2D eigenvalue weighted by Gasteiger charge is 2.19. The molecule has 3 N–H and O–H groups in total. The highest BCUT2D eigenvalue weighted by molar-refractivity contribution is 7.86. The molecule has 0 saturated heterocycles. The fourth-order valence-electron chi connectivity index (χ4n) is 1.25. The first kappa shape index (κ1) is 14.1. The van der Waals surface area contributed by atoms with E-state index < -0.39 is 16.4 Å². The van der Waals surface area contributed by atoms with E-state index in [4.69, 9.17) is 5.73 Å². The number of aliphatic hydroxyl groups is 1. The van der Waals surface area contributed by atoms with Crippen molar-refractivity contribution in [2.24, 2.45) is 5.73 Å². The minimum Gasteiger partial charge on any atom is -0.367 e. The summed E-state index contributed by atoms with van der Waals surface area (Å²) in [6, 6.07) is 6.23. The van der Waals surface area contributed by atoms with Crippen molar-refractivity contribution in [1.29, 1.82) is 0 Å². The van der Waals surface area contributed by atoms with Gasteiger partial charge < -0.3 is 10.8 Å². The first-order chi connectivity index (χ1) is 7.95. The largest absolute Gasteiger partial charge is 0.367 e. The van der Waals surface area contributed by atoms with Crippen LogP contribution in [0.25, 0.3) is 0 Å². The molecule has 5 nitrogen and oxygen atoms in total. The van der Waals surface area contributed by atoms with E-state index in [0.29, 0.717) is 13.0 Å². The number of rotatable bonds is 6. The molecule has 1 atom stereocenters. The van der Waals surface area contributed by atoms with Crippen molar-refractivity contribution in [3.63, 3.8) is 0 Å². The van der Waals surface area contributed by atoms with E-state index >= 15 is 0 Å². The molecule has 1 rings (SSSR count). The van der Waals surface area contributed by atoms with E-state index in [9.17, 15) is 13.5 Å². The molecule has 0 spiro atoms. The van der Waals surface area contributed by atoms with E-state index in [1.807, 2.05) is 6.92 Å². The zero-order valence-electron chi connectivity index (χ0n) is 9.67. The Balaban J connectivity index is 2.71. The van der Waals surface area contributed by atoms with Crippen molar-refractivity contribution in [2.75, 3.05) is 6.54 Å². The maximum Gasteiger partial charge on any atom is 0.299 e. The third-order valence-corrected chi connectivity index (χ3v) is 3.53. The van der Waals surface area contributed by atoms with Gasteiger partial charge in [0.1, 0.15) is 0 Å². The Bertz CT molecular complexity index is 441. The van der Waals surface area contributed by atoms with Gasteiger partial charge in [0.05, 0.1) is 4.90 Å². The number of hydrogen-bond acceptors (Lipinski definition) is 5. The fourth-order valence-corrected chi connectivity index (χ4v) is 2.22. The summed E-state index contributed by atoms with van der Waals surface area (Å²) >= 11 is 0. The van der Waals surface area contributed by atoms with E-state index in [1.165, 1.54) is 12.1 Å². The third kappa shape index (κ3) is 4.43. The van der Waals surface area contributed by atoms with Crippen molar-refractivity contribution in [3.05, 3.63) is 29.8 Å². The summed E-state index contributed by atoms with van der Waals surface area (Å²) in [5.74, 6) is 0. The number of hydrogen-bond donors (Lipinski definition) is 2. The maximum absolute atomic E-state index is 11.7. The lowest BCUT2D eigenvalue weighted by Crippen LogP contribution is -2.19. The van der Waals surface area contributed by atoms with Crippen LogP contribution in [0.4, 0.5) is 0 Å². The minimum absolute atomic E-state index is 0.0369. The number of nitrogens with two attached hydrogens (primary N) is 1. The molecule has 1 unspecified atom stereocenters. The van der Waals surface area contributed by atoms with Crippen LogP contribution in [0.2, 0.25) is 0 Å². The van der Waals surface area contributed by atoms with Gasteiger partial charge >= 0.3 is 0 Å². The third-order valence-electron chi connectivity index (χ3n) is 2.20. The quantitative estimate of drug-likeness (QED) is 0.581. The predicted molar refractivity (Wildman–Crippen MR) is 63.7 cm³/mol. The summed E-state index contributed by atoms with van der Waals surface area (Å²) in [4.78, 5) is 0.0369. The molecule has 0 saturated carbocycles. The second kappa shape index (κ2) is 6.11. The van der Waals surface area contributed by atoms with E-state index in [2.05, 4.69) is 4.18 Å². The topological polar surface area (TPSA) is 89.6 Å². The zero-order valence-corrected chi connectivity index (χ0v) is 10.5. The highest BCUT2D eigenvalue weighted by atomic mass is 32.2. The Morgan fingerprint density at radius 3 is 2.47 bits per heavy atom. The summed E-state index contributed by atoms with van der Waals surface area (Å²) in [5.41, 5.74) is 6.20. The van der Waals surface area contributed by atoms with Crippen molar-refractivity contribution < 1.29 is 17.7 Å². The molecule has 0 heterocycles. The van der Waals surface area contributed by atoms with Gasteiger partial charge in [-0.15, -0.1) is 0 Å². The molecule has 1 aromatic carbocycles. The Morgan fingerprint density at radius 2 is 1.94 bits per heavy atom. The Kier molecular flexibility index (Phi) is 5.07. The van der Waals surface area contributed by atoms with E-state index in [-0.39, 0.29) is 11.3 Å². The lowest BCUT2D eigenvalue weighted by molar-refractivity contribution is -0.0184. The lowest BCUT2D eigenvalue weighted by Gasteiger charge is -2.11. The Hall–Kier alpha value is -0.950. The Morgan fingerprint density at radius 1 is 1.35 bits per heavy atom. The number of benzene rings is 1. The summed E-state index contributed by atoms with van der Waals surface area (Å²) < 4.78 is 28.0. The molecule has 0 radical (unpaired) electrons. The molecule has 96 valence electrons. The SMILES string of the molecule is Cc1ccc(S(=O)(=O)OC(O)CCCN)cc1. The van der Waals surface area contributed by atoms with Crippen LogP contribution in [0.5, 0.6) is 0 Å². The van der Waals surface area contributed by atoms with Crippen molar-refractivity contribution in [2.45, 2.75) is 31.0 Å². The van der Waals surface area contributed by atoms with Crippen molar-refractivity contribution >= 4 is 10.1 Å². The minimum atomic E-state index is -3.90. The van der Waals surface area contributed by atoms with Gasteiger partial charge in [-0.3, -0.25) is 0 Å². The second-order valence-corrected chi connectivity index (χ2v) is 5.32. The number of aliphatic hydroxyl groups excluding tert-OH is 1. The van der Waals surface area contributed by atoms with Gasteiger partial charge in [-0.1, -0.05) is 17.7 Å². The lowest BCUT2D eigenvalue weighted by atomic mass is 10.2. The van der Waals surface area contributed by atoms with Crippen LogP contribution in [0.15, 0.2) is 29.2 Å². The van der Waals surface area contributed by atoms with E-state index in [1.54, 1.807) is 12.1 Å². The van der Waals surface area contributed by atoms with Crippen LogP contribution in [-0.2, 0) is 14.3 Å². The van der Waals surface area contributed by atoms with Crippen LogP contribution in [0, 0.1) is 6.92 Å². The van der Waals surface area contributed by atoms with E-state index in [0.717, 1.165) is 5.56 Å². The molecule has 0 aliphatic heterocycles. The van der Waals surface area contributed by atoms with Gasteiger partial charge in [-0.2, -0.15) is 8.42 Å². The van der Waals surface area contributed by atoms with Gasteiger partial charge in [-0.25, -0.2) is 4.18 Å². The molecule has 0 aliphatic carbocycles. The molecule has 0 bridgehead atoms. The Labute approximate surface area is 101 Å². The zero-order chi connectivity index (χ0) is 12.9. The summed E-state index contributed by atoms with van der Waals surface area (Å²) in [5, 5.41) is 9.37. The molecule has 0 aliphatic rings. The molecule has 17 heavy (non-hydrogen) atoms. The summed E-state index contributed by atoms with van der Waals surface area (Å²) in [6.07, 6.45) is -0.642. The summed E-state index contributed by atoms with van der Waals surface area (Å²) in [6.45, 7) is 2.23. The standard InChI is InChI=1S/C11H17NO4S/c1-9-4-6-10(7-5-9)17(14,15)16-11(13)3-2-8-12/h4-7,11,13H,2-3,8,12H2,1H3. The molecule has 0 aromatic heterocycles. The molecular weight excluding hydrogens is 242 g/mol. The van der Waals surface area contributed by atoms with Crippen LogP contribution < -0.4 is 5.73 Å². The molecule has 0 fully saturated rings. The van der Waals surface area contributed by atoms with Crippen molar-refractivity contribution in [1.82, 2.24) is 0 Å². The average molecular weight is 259 g/mol. The molecular formula is C11H17NO4S. The average Bonchev–Trinajstić information content (AvgIpc) is 2.26. The van der Waals surface area contributed by atoms with Crippen LogP contribution in [0.3, 0.4) is 0 Å². The molecule has 0 amide bonds. The van der Waals surface area contributed by atoms with Gasteiger partial charge in [0, 0.05) is 6.42 Å². The normalized spacial score (nSPS) is 13.6. The van der Waals surface area contributed by atoms with Crippen LogP contribution >= 0.6 is 0 Å². The highest BCUT2D eigenvalue weighted by Crippen LogP contribution is 2.15. The van der Waals surface area contributed by atoms with Gasteiger partial charge in [0.25, 0.3) is 10.1 Å². The fraction of sp³-hybridized carbons (Fsp3) is 0.455. The second-order valence-electron chi connectivity index (χ2n) is 3.75. The number of aryl methyl sites for hydroxylation is 1. The summed E-state index contributed by atoms with van der Waals surface area (Å²) in [7, 11) is -3.90. The monoisotopic (exact) mass is 259 g/mol.